The molecule has 7 nitrogen and oxygen atoms in total. The molecule has 2 aromatic carbocycles. The SMILES string of the molecule is Clc1ccc(OCc2ccccc2Cl)c(/C=N\Nc2cc(N3CCCC3)nc(N3CCCC3)n2)c1. The van der Waals surface area contributed by atoms with Crippen molar-refractivity contribution in [3.63, 3.8) is 0 Å². The van der Waals surface area contributed by atoms with Crippen LogP contribution in [-0.4, -0.2) is 42.4 Å². The molecule has 0 unspecified atom stereocenters. The van der Waals surface area contributed by atoms with Crippen LogP contribution < -0.4 is 20.0 Å². The molecule has 0 radical (unpaired) electrons. The topological polar surface area (TPSA) is 65.9 Å². The Morgan fingerprint density at radius 1 is 0.914 bits per heavy atom. The van der Waals surface area contributed by atoms with Gasteiger partial charge in [-0.05, 0) is 49.9 Å². The van der Waals surface area contributed by atoms with Gasteiger partial charge < -0.3 is 14.5 Å². The van der Waals surface area contributed by atoms with E-state index in [4.69, 9.17) is 37.9 Å². The van der Waals surface area contributed by atoms with E-state index in [0.29, 0.717) is 28.2 Å². The highest BCUT2D eigenvalue weighted by molar-refractivity contribution is 6.31. The van der Waals surface area contributed by atoms with Gasteiger partial charge in [0.15, 0.2) is 5.82 Å². The number of rotatable bonds is 8. The monoisotopic (exact) mass is 510 g/mol. The van der Waals surface area contributed by atoms with Crippen LogP contribution in [0.25, 0.3) is 0 Å². The molecule has 0 aliphatic carbocycles. The number of hydrazone groups is 1. The minimum atomic E-state index is 0.347. The minimum Gasteiger partial charge on any atom is -0.488 e. The number of hydrogen-bond donors (Lipinski definition) is 1. The molecule has 3 aromatic rings. The van der Waals surface area contributed by atoms with E-state index in [1.807, 2.05) is 42.5 Å². The lowest BCUT2D eigenvalue weighted by atomic mass is 10.2. The fraction of sp³-hybridized carbons (Fsp3) is 0.346. The smallest absolute Gasteiger partial charge is 0.229 e. The van der Waals surface area contributed by atoms with Gasteiger partial charge in [0.25, 0.3) is 0 Å². The zero-order valence-corrected chi connectivity index (χ0v) is 21.0. The molecule has 0 saturated carbocycles. The highest BCUT2D eigenvalue weighted by Gasteiger charge is 2.20. The fourth-order valence-corrected chi connectivity index (χ4v) is 4.71. The summed E-state index contributed by atoms with van der Waals surface area (Å²) < 4.78 is 6.03. The minimum absolute atomic E-state index is 0.347. The molecule has 0 bridgehead atoms. The molecule has 0 spiro atoms. The third-order valence-corrected chi connectivity index (χ3v) is 6.82. The average molecular weight is 511 g/mol. The Bertz CT molecular complexity index is 1160. The number of hydrogen-bond acceptors (Lipinski definition) is 7. The predicted molar refractivity (Wildman–Crippen MR) is 143 cm³/mol. The molecule has 2 aliphatic heterocycles. The van der Waals surface area contributed by atoms with Crippen molar-refractivity contribution in [1.82, 2.24) is 9.97 Å². The molecule has 0 amide bonds. The van der Waals surface area contributed by atoms with E-state index in [0.717, 1.165) is 49.1 Å². The molecule has 1 N–H and O–H groups in total. The van der Waals surface area contributed by atoms with Gasteiger partial charge in [-0.15, -0.1) is 0 Å². The van der Waals surface area contributed by atoms with Crippen molar-refractivity contribution < 1.29 is 4.74 Å². The zero-order valence-electron chi connectivity index (χ0n) is 19.5. The van der Waals surface area contributed by atoms with Crippen LogP contribution in [-0.2, 0) is 6.61 Å². The van der Waals surface area contributed by atoms with Crippen molar-refractivity contribution in [3.8, 4) is 5.75 Å². The van der Waals surface area contributed by atoms with Crippen LogP contribution in [0, 0.1) is 0 Å². The third kappa shape index (κ3) is 5.97. The van der Waals surface area contributed by atoms with Gasteiger partial charge in [-0.2, -0.15) is 15.1 Å². The summed E-state index contributed by atoms with van der Waals surface area (Å²) in [6, 6.07) is 15.0. The first-order chi connectivity index (χ1) is 17.2. The number of halogens is 2. The van der Waals surface area contributed by atoms with Gasteiger partial charge in [-0.1, -0.05) is 41.4 Å². The van der Waals surface area contributed by atoms with Gasteiger partial charge in [-0.3, -0.25) is 5.43 Å². The van der Waals surface area contributed by atoms with Crippen molar-refractivity contribution in [2.45, 2.75) is 32.3 Å². The first-order valence-corrected chi connectivity index (χ1v) is 12.8. The summed E-state index contributed by atoms with van der Waals surface area (Å²) in [6.45, 7) is 4.36. The van der Waals surface area contributed by atoms with Gasteiger partial charge in [0.05, 0.1) is 6.21 Å². The molecule has 3 heterocycles. The maximum Gasteiger partial charge on any atom is 0.229 e. The van der Waals surface area contributed by atoms with Crippen LogP contribution >= 0.6 is 23.2 Å². The second kappa shape index (κ2) is 11.1. The van der Waals surface area contributed by atoms with Gasteiger partial charge in [0, 0.05) is 53.4 Å². The first kappa shape index (κ1) is 23.7. The Balaban J connectivity index is 1.33. The summed E-state index contributed by atoms with van der Waals surface area (Å²) in [5, 5.41) is 5.73. The second-order valence-electron chi connectivity index (χ2n) is 8.73. The summed E-state index contributed by atoms with van der Waals surface area (Å²) in [4.78, 5) is 14.1. The summed E-state index contributed by atoms with van der Waals surface area (Å²) in [5.41, 5.74) is 4.76. The molecular formula is C26H28Cl2N6O. The van der Waals surface area contributed by atoms with Crippen LogP contribution in [0.5, 0.6) is 5.75 Å². The second-order valence-corrected chi connectivity index (χ2v) is 9.58. The normalized spacial score (nSPS) is 15.8. The van der Waals surface area contributed by atoms with E-state index in [1.165, 1.54) is 25.7 Å². The van der Waals surface area contributed by atoms with Crippen LogP contribution in [0.4, 0.5) is 17.6 Å². The van der Waals surface area contributed by atoms with Crippen molar-refractivity contribution >= 4 is 47.0 Å². The summed E-state index contributed by atoms with van der Waals surface area (Å²) in [5.74, 6) is 3.04. The van der Waals surface area contributed by atoms with Crippen molar-refractivity contribution in [3.05, 3.63) is 69.7 Å². The Morgan fingerprint density at radius 2 is 1.66 bits per heavy atom. The van der Waals surface area contributed by atoms with E-state index in [-0.39, 0.29) is 0 Å². The van der Waals surface area contributed by atoms with Crippen LogP contribution in [0.3, 0.4) is 0 Å². The largest absolute Gasteiger partial charge is 0.488 e. The lowest BCUT2D eigenvalue weighted by Gasteiger charge is -2.21. The quantitative estimate of drug-likeness (QED) is 0.295. The fourth-order valence-electron chi connectivity index (χ4n) is 4.34. The molecule has 9 heteroatoms. The lowest BCUT2D eigenvalue weighted by molar-refractivity contribution is 0.306. The number of ether oxygens (including phenoxy) is 1. The predicted octanol–water partition coefficient (Wildman–Crippen LogP) is 6.01. The molecule has 2 fully saturated rings. The van der Waals surface area contributed by atoms with Crippen LogP contribution in [0.1, 0.15) is 36.8 Å². The molecule has 0 atom stereocenters. The van der Waals surface area contributed by atoms with Gasteiger partial charge in [0.2, 0.25) is 5.95 Å². The Kier molecular flexibility index (Phi) is 7.54. The Hall–Kier alpha value is -3.03. The van der Waals surface area contributed by atoms with Crippen LogP contribution in [0.2, 0.25) is 10.0 Å². The molecule has 1 aromatic heterocycles. The standard InChI is InChI=1S/C26H28Cl2N6O/c27-21-9-10-23(35-18-19-7-1-2-8-22(19)28)20(15-21)17-29-32-24-16-25(33-11-3-4-12-33)31-26(30-24)34-13-5-6-14-34/h1-2,7-10,15-17H,3-6,11-14,18H2,(H,30,31,32)/b29-17-. The molecule has 35 heavy (non-hydrogen) atoms. The van der Waals surface area contributed by atoms with E-state index in [9.17, 15) is 0 Å². The Morgan fingerprint density at radius 3 is 2.43 bits per heavy atom. The third-order valence-electron chi connectivity index (χ3n) is 6.22. The summed E-state index contributed by atoms with van der Waals surface area (Å²) in [7, 11) is 0. The van der Waals surface area contributed by atoms with E-state index in [2.05, 4.69) is 20.3 Å². The van der Waals surface area contributed by atoms with Crippen LogP contribution in [0.15, 0.2) is 53.6 Å². The maximum absolute atomic E-state index is 6.27. The number of aromatic nitrogens is 2. The molecule has 2 aliphatic rings. The molecule has 2 saturated heterocycles. The lowest BCUT2D eigenvalue weighted by Crippen LogP contribution is -2.24. The van der Waals surface area contributed by atoms with Gasteiger partial charge in [-0.25, -0.2) is 0 Å². The first-order valence-electron chi connectivity index (χ1n) is 12.0. The van der Waals surface area contributed by atoms with Gasteiger partial charge >= 0.3 is 0 Å². The van der Waals surface area contributed by atoms with Crippen molar-refractivity contribution in [2.24, 2.45) is 5.10 Å². The Labute approximate surface area is 215 Å². The van der Waals surface area contributed by atoms with Gasteiger partial charge in [0.1, 0.15) is 18.2 Å². The number of nitrogens with one attached hydrogen (secondary N) is 1. The number of nitrogens with zero attached hydrogens (tertiary/aromatic N) is 5. The summed E-state index contributed by atoms with van der Waals surface area (Å²) >= 11 is 12.5. The summed E-state index contributed by atoms with van der Waals surface area (Å²) in [6.07, 6.45) is 6.42. The number of anilines is 3. The van der Waals surface area contributed by atoms with E-state index >= 15 is 0 Å². The van der Waals surface area contributed by atoms with E-state index in [1.54, 1.807) is 12.3 Å². The average Bonchev–Trinajstić information content (AvgIpc) is 3.59. The highest BCUT2D eigenvalue weighted by atomic mass is 35.5. The zero-order chi connectivity index (χ0) is 24.0. The molecule has 182 valence electrons. The number of benzene rings is 2. The maximum atomic E-state index is 6.27. The molecular weight excluding hydrogens is 483 g/mol. The molecule has 5 rings (SSSR count). The van der Waals surface area contributed by atoms with Crippen molar-refractivity contribution in [1.29, 1.82) is 0 Å². The highest BCUT2D eigenvalue weighted by Crippen LogP contribution is 2.27. The van der Waals surface area contributed by atoms with Crippen molar-refractivity contribution in [2.75, 3.05) is 41.4 Å². The van der Waals surface area contributed by atoms with E-state index < -0.39 is 0 Å².